The SMILES string of the molecule is Cc1ccc2c(c1)COC(=O)N2C1CCN(S(=O)(=O)c2ccc(C)c(O)c2)CC1. The Morgan fingerprint density at radius 1 is 1.07 bits per heavy atom. The molecule has 0 saturated carbocycles. The van der Waals surface area contributed by atoms with Gasteiger partial charge in [-0.15, -0.1) is 0 Å². The number of carbonyl (C=O) groups is 1. The Hall–Kier alpha value is -2.58. The van der Waals surface area contributed by atoms with Crippen molar-refractivity contribution in [2.75, 3.05) is 18.0 Å². The van der Waals surface area contributed by atoms with Crippen molar-refractivity contribution in [1.29, 1.82) is 0 Å². The molecule has 0 atom stereocenters. The maximum Gasteiger partial charge on any atom is 0.414 e. The lowest BCUT2D eigenvalue weighted by molar-refractivity contribution is 0.135. The summed E-state index contributed by atoms with van der Waals surface area (Å²) in [6, 6.07) is 10.2. The number of aryl methyl sites for hydroxylation is 2. The first-order valence-corrected chi connectivity index (χ1v) is 11.1. The van der Waals surface area contributed by atoms with Gasteiger partial charge in [0.15, 0.2) is 0 Å². The Morgan fingerprint density at radius 3 is 2.48 bits per heavy atom. The molecule has 2 heterocycles. The second-order valence-corrected chi connectivity index (χ2v) is 9.58. The van der Waals surface area contributed by atoms with Gasteiger partial charge in [-0.25, -0.2) is 13.2 Å². The lowest BCUT2D eigenvalue weighted by Crippen LogP contribution is -2.50. The Morgan fingerprint density at radius 2 is 1.79 bits per heavy atom. The fraction of sp³-hybridized carbons (Fsp3) is 0.381. The zero-order valence-corrected chi connectivity index (χ0v) is 17.3. The first kappa shape index (κ1) is 19.7. The number of anilines is 1. The van der Waals surface area contributed by atoms with Crippen LogP contribution in [0.1, 0.15) is 29.5 Å². The normalized spacial score (nSPS) is 18.4. The van der Waals surface area contributed by atoms with E-state index in [0.717, 1.165) is 16.8 Å². The van der Waals surface area contributed by atoms with E-state index < -0.39 is 10.0 Å². The van der Waals surface area contributed by atoms with Crippen molar-refractivity contribution in [1.82, 2.24) is 4.31 Å². The average molecular weight is 416 g/mol. The van der Waals surface area contributed by atoms with Crippen molar-refractivity contribution < 1.29 is 23.1 Å². The molecule has 2 aliphatic rings. The number of hydrogen-bond donors (Lipinski definition) is 1. The van der Waals surface area contributed by atoms with Crippen LogP contribution in [0, 0.1) is 13.8 Å². The summed E-state index contributed by atoms with van der Waals surface area (Å²) in [5.74, 6) is -0.0380. The van der Waals surface area contributed by atoms with Crippen molar-refractivity contribution in [3.05, 3.63) is 53.1 Å². The molecule has 0 radical (unpaired) electrons. The molecule has 4 rings (SSSR count). The van der Waals surface area contributed by atoms with Crippen LogP contribution >= 0.6 is 0 Å². The van der Waals surface area contributed by atoms with E-state index in [1.165, 1.54) is 16.4 Å². The summed E-state index contributed by atoms with van der Waals surface area (Å²) in [6.07, 6.45) is 0.644. The van der Waals surface area contributed by atoms with Crippen LogP contribution in [-0.4, -0.2) is 43.1 Å². The minimum absolute atomic E-state index is 0.0380. The van der Waals surface area contributed by atoms with Gasteiger partial charge in [0.25, 0.3) is 0 Å². The number of rotatable bonds is 3. The third kappa shape index (κ3) is 3.58. The zero-order chi connectivity index (χ0) is 20.8. The number of piperidine rings is 1. The second-order valence-electron chi connectivity index (χ2n) is 7.64. The highest BCUT2D eigenvalue weighted by molar-refractivity contribution is 7.89. The van der Waals surface area contributed by atoms with Gasteiger partial charge in [0.05, 0.1) is 10.6 Å². The minimum Gasteiger partial charge on any atom is -0.508 e. The number of fused-ring (bicyclic) bond motifs is 1. The zero-order valence-electron chi connectivity index (χ0n) is 16.5. The number of hydrogen-bond acceptors (Lipinski definition) is 5. The summed E-state index contributed by atoms with van der Waals surface area (Å²) in [7, 11) is -3.70. The Bertz CT molecular complexity index is 1060. The standard InChI is InChI=1S/C21H24N2O5S/c1-14-3-6-19-16(11-14)13-28-21(25)23(19)17-7-9-22(10-8-17)29(26,27)18-5-4-15(2)20(24)12-18/h3-6,11-12,17,24H,7-10,13H2,1-2H3. The summed E-state index contributed by atoms with van der Waals surface area (Å²) >= 11 is 0. The monoisotopic (exact) mass is 416 g/mol. The van der Waals surface area contributed by atoms with E-state index >= 15 is 0 Å². The maximum absolute atomic E-state index is 12.9. The van der Waals surface area contributed by atoms with Crippen LogP contribution < -0.4 is 4.90 Å². The van der Waals surface area contributed by atoms with Crippen molar-refractivity contribution >= 4 is 21.8 Å². The van der Waals surface area contributed by atoms with Crippen LogP contribution in [0.15, 0.2) is 41.3 Å². The van der Waals surface area contributed by atoms with E-state index in [4.69, 9.17) is 4.74 Å². The summed E-state index contributed by atoms with van der Waals surface area (Å²) in [4.78, 5) is 14.2. The molecule has 7 nitrogen and oxygen atoms in total. The highest BCUT2D eigenvalue weighted by Gasteiger charge is 2.37. The number of sulfonamides is 1. The molecule has 154 valence electrons. The largest absolute Gasteiger partial charge is 0.508 e. The van der Waals surface area contributed by atoms with E-state index in [-0.39, 0.29) is 29.4 Å². The molecule has 2 aromatic rings. The number of cyclic esters (lactones) is 1. The van der Waals surface area contributed by atoms with Crippen molar-refractivity contribution in [3.63, 3.8) is 0 Å². The molecule has 2 aromatic carbocycles. The van der Waals surface area contributed by atoms with Gasteiger partial charge in [0.2, 0.25) is 10.0 Å². The number of ether oxygens (including phenoxy) is 1. The molecule has 1 fully saturated rings. The lowest BCUT2D eigenvalue weighted by Gasteiger charge is -2.39. The van der Waals surface area contributed by atoms with Crippen LogP contribution in [-0.2, 0) is 21.4 Å². The van der Waals surface area contributed by atoms with E-state index in [1.807, 2.05) is 25.1 Å². The lowest BCUT2D eigenvalue weighted by atomic mass is 10.0. The Labute approximate surface area is 170 Å². The highest BCUT2D eigenvalue weighted by Crippen LogP contribution is 2.34. The molecule has 1 saturated heterocycles. The number of nitrogens with zero attached hydrogens (tertiary/aromatic N) is 2. The van der Waals surface area contributed by atoms with Crippen molar-refractivity contribution in [2.45, 2.75) is 44.2 Å². The molecule has 29 heavy (non-hydrogen) atoms. The van der Waals surface area contributed by atoms with Gasteiger partial charge < -0.3 is 9.84 Å². The molecule has 0 unspecified atom stereocenters. The molecule has 2 aliphatic heterocycles. The third-order valence-electron chi connectivity index (χ3n) is 5.65. The number of phenolic OH excluding ortho intramolecular Hbond substituents is 1. The van der Waals surface area contributed by atoms with E-state index in [2.05, 4.69) is 0 Å². The molecule has 8 heteroatoms. The predicted octanol–water partition coefficient (Wildman–Crippen LogP) is 3.32. The van der Waals surface area contributed by atoms with Gasteiger partial charge in [0.1, 0.15) is 12.4 Å². The molecule has 0 bridgehead atoms. The first-order valence-electron chi connectivity index (χ1n) is 9.62. The van der Waals surface area contributed by atoms with Gasteiger partial charge in [-0.05, 0) is 44.4 Å². The van der Waals surface area contributed by atoms with Gasteiger partial charge in [0, 0.05) is 30.8 Å². The summed E-state index contributed by atoms with van der Waals surface area (Å²) in [5, 5.41) is 9.87. The van der Waals surface area contributed by atoms with Gasteiger partial charge in [-0.2, -0.15) is 4.31 Å². The molecular weight excluding hydrogens is 392 g/mol. The summed E-state index contributed by atoms with van der Waals surface area (Å²) < 4.78 is 32.6. The molecule has 0 aromatic heterocycles. The number of carbonyl (C=O) groups excluding carboxylic acids is 1. The van der Waals surface area contributed by atoms with E-state index in [0.29, 0.717) is 31.5 Å². The van der Waals surface area contributed by atoms with Crippen LogP contribution in [0.3, 0.4) is 0 Å². The predicted molar refractivity (Wildman–Crippen MR) is 108 cm³/mol. The van der Waals surface area contributed by atoms with Crippen LogP contribution in [0.5, 0.6) is 5.75 Å². The van der Waals surface area contributed by atoms with Gasteiger partial charge >= 0.3 is 6.09 Å². The van der Waals surface area contributed by atoms with E-state index in [1.54, 1.807) is 17.9 Å². The molecule has 0 spiro atoms. The topological polar surface area (TPSA) is 87.2 Å². The summed E-state index contributed by atoms with van der Waals surface area (Å²) in [5.41, 5.74) is 3.54. The third-order valence-corrected chi connectivity index (χ3v) is 7.54. The van der Waals surface area contributed by atoms with Gasteiger partial charge in [-0.1, -0.05) is 23.8 Å². The van der Waals surface area contributed by atoms with Crippen LogP contribution in [0.25, 0.3) is 0 Å². The maximum atomic E-state index is 12.9. The fourth-order valence-electron chi connectivity index (χ4n) is 3.96. The van der Waals surface area contributed by atoms with Gasteiger partial charge in [-0.3, -0.25) is 4.90 Å². The number of benzene rings is 2. The fourth-order valence-corrected chi connectivity index (χ4v) is 5.45. The second kappa shape index (κ2) is 7.35. The summed E-state index contributed by atoms with van der Waals surface area (Å²) in [6.45, 7) is 4.57. The quantitative estimate of drug-likeness (QED) is 0.829. The van der Waals surface area contributed by atoms with Crippen LogP contribution in [0.2, 0.25) is 0 Å². The van der Waals surface area contributed by atoms with Crippen LogP contribution in [0.4, 0.5) is 10.5 Å². The Kier molecular flexibility index (Phi) is 5.00. The molecule has 0 aliphatic carbocycles. The van der Waals surface area contributed by atoms with Crippen molar-refractivity contribution in [2.24, 2.45) is 0 Å². The first-order chi connectivity index (χ1) is 13.8. The molecular formula is C21H24N2O5S. The number of aromatic hydroxyl groups is 1. The Balaban J connectivity index is 1.52. The smallest absolute Gasteiger partial charge is 0.414 e. The number of phenols is 1. The van der Waals surface area contributed by atoms with E-state index in [9.17, 15) is 18.3 Å². The highest BCUT2D eigenvalue weighted by atomic mass is 32.2. The molecule has 1 amide bonds. The minimum atomic E-state index is -3.70. The average Bonchev–Trinajstić information content (AvgIpc) is 2.70. The number of amides is 1. The molecule has 1 N–H and O–H groups in total. The van der Waals surface area contributed by atoms with Crippen molar-refractivity contribution in [3.8, 4) is 5.75 Å².